The molecule has 0 spiro atoms. The van der Waals surface area contributed by atoms with Gasteiger partial charge in [-0.1, -0.05) is 18.2 Å². The number of ether oxygens (including phenoxy) is 4. The summed E-state index contributed by atoms with van der Waals surface area (Å²) in [5.41, 5.74) is 25.6. The van der Waals surface area contributed by atoms with E-state index >= 15 is 0 Å². The molecule has 23 heteroatoms. The Labute approximate surface area is 403 Å². The molecule has 23 nitrogen and oxygen atoms in total. The lowest BCUT2D eigenvalue weighted by atomic mass is 9.97. The van der Waals surface area contributed by atoms with Gasteiger partial charge in [-0.25, -0.2) is 34.6 Å². The number of hydrogen-bond donors (Lipinski definition) is 5. The number of aromatic amines is 1. The van der Waals surface area contributed by atoms with Crippen molar-refractivity contribution in [2.24, 2.45) is 5.73 Å². The predicted molar refractivity (Wildman–Crippen MR) is 261 cm³/mol. The van der Waals surface area contributed by atoms with Crippen LogP contribution in [0.25, 0.3) is 33.3 Å². The molecular formula is C47H57N17O6. The van der Waals surface area contributed by atoms with Gasteiger partial charge in [-0.2, -0.15) is 10.1 Å². The number of amides is 2. The molecule has 0 radical (unpaired) electrons. The fourth-order valence-corrected chi connectivity index (χ4v) is 8.35. The molecule has 8 N–H and O–H groups in total. The first-order chi connectivity index (χ1) is 34.3. The zero-order valence-electron chi connectivity index (χ0n) is 38.8. The fourth-order valence-electron chi connectivity index (χ4n) is 8.35. The Balaban J connectivity index is 0.597. The third-order valence-electron chi connectivity index (χ3n) is 12.1. The molecule has 0 unspecified atom stereocenters. The molecule has 0 saturated carbocycles. The van der Waals surface area contributed by atoms with Gasteiger partial charge in [0.05, 0.1) is 76.8 Å². The minimum atomic E-state index is -0.375. The first-order valence-corrected chi connectivity index (χ1v) is 23.3. The quantitative estimate of drug-likeness (QED) is 0.0604. The van der Waals surface area contributed by atoms with Gasteiger partial charge in [-0.05, 0) is 35.2 Å². The van der Waals surface area contributed by atoms with E-state index in [0.29, 0.717) is 146 Å². The number of nitrogen functional groups attached to an aromatic ring is 2. The standard InChI is InChI=1S/C47H57N17O6/c48-23-32-24-54-46(55-25-32)61-9-11-62(12-10-61)47-56-27-37(41(49)59-47)45(66)52-7-14-68-16-18-70-20-19-69-17-15-67-13-5-38(65)63-8-4-33-21-31(1-2-35(33)29-63)28-64-44-39(42(50)57-30-58-44)40(60-64)36-22-34-3-6-51-43(34)53-26-36/h1-3,6,21-22,24-27,30H,4-5,7-20,23,28-29,48H2,(H,51,53)(H,52,66)(H2,49,56,59)(H2,50,57,58). The summed E-state index contributed by atoms with van der Waals surface area (Å²) in [5.74, 6) is 1.28. The van der Waals surface area contributed by atoms with E-state index in [2.05, 4.69) is 68.3 Å². The summed E-state index contributed by atoms with van der Waals surface area (Å²) >= 11 is 0. The second-order valence-corrected chi connectivity index (χ2v) is 16.8. The molecule has 1 fully saturated rings. The van der Waals surface area contributed by atoms with Gasteiger partial charge in [0.2, 0.25) is 17.8 Å². The van der Waals surface area contributed by atoms with Crippen LogP contribution in [-0.2, 0) is 49.8 Å². The lowest BCUT2D eigenvalue weighted by Crippen LogP contribution is -2.47. The molecule has 2 aliphatic rings. The van der Waals surface area contributed by atoms with Crippen molar-refractivity contribution >= 4 is 57.4 Å². The Morgan fingerprint density at radius 1 is 0.714 bits per heavy atom. The van der Waals surface area contributed by atoms with Crippen LogP contribution < -0.4 is 32.3 Å². The van der Waals surface area contributed by atoms with Crippen LogP contribution in [0.15, 0.2) is 67.6 Å². The Kier molecular flexibility index (Phi) is 15.5. The summed E-state index contributed by atoms with van der Waals surface area (Å²) in [7, 11) is 0. The third kappa shape index (κ3) is 11.5. The molecule has 6 aromatic heterocycles. The summed E-state index contributed by atoms with van der Waals surface area (Å²) in [6.45, 7) is 7.95. The minimum Gasteiger partial charge on any atom is -0.383 e. The number of H-pyrrole nitrogens is 1. The van der Waals surface area contributed by atoms with Gasteiger partial charge < -0.3 is 61.1 Å². The summed E-state index contributed by atoms with van der Waals surface area (Å²) in [6, 6.07) is 10.4. The van der Waals surface area contributed by atoms with Crippen molar-refractivity contribution in [2.75, 3.05) is 113 Å². The van der Waals surface area contributed by atoms with Crippen LogP contribution in [0, 0.1) is 0 Å². The number of anilines is 4. The van der Waals surface area contributed by atoms with Gasteiger partial charge in [0, 0.05) is 99.9 Å². The van der Waals surface area contributed by atoms with Crippen molar-refractivity contribution in [1.29, 1.82) is 0 Å². The summed E-state index contributed by atoms with van der Waals surface area (Å²) in [5, 5.41) is 9.40. The van der Waals surface area contributed by atoms with E-state index in [0.717, 1.165) is 39.7 Å². The number of carbonyl (C=O) groups excluding carboxylic acids is 2. The third-order valence-corrected chi connectivity index (χ3v) is 12.1. The molecule has 70 heavy (non-hydrogen) atoms. The van der Waals surface area contributed by atoms with E-state index in [1.54, 1.807) is 18.6 Å². The number of nitrogens with two attached hydrogens (primary N) is 3. The average molecular weight is 956 g/mol. The number of hydrogen-bond acceptors (Lipinski definition) is 19. The van der Waals surface area contributed by atoms with Crippen molar-refractivity contribution in [3.8, 4) is 11.3 Å². The molecule has 0 atom stereocenters. The van der Waals surface area contributed by atoms with Crippen LogP contribution in [0.3, 0.4) is 0 Å². The van der Waals surface area contributed by atoms with Gasteiger partial charge in [0.15, 0.2) is 5.65 Å². The van der Waals surface area contributed by atoms with Crippen LogP contribution >= 0.6 is 0 Å². The number of rotatable bonds is 22. The highest BCUT2D eigenvalue weighted by atomic mass is 16.6. The molecule has 2 amide bonds. The SMILES string of the molecule is NCc1cnc(N2CCN(c3ncc(C(=O)NCCOCCOCCOCCOCCC(=O)N4CCc5cc(Cn6nc(-c7cnc8[nH]ccc8c7)c7c(N)ncnc76)ccc5C4)c(N)n3)CC2)nc1. The largest absolute Gasteiger partial charge is 0.383 e. The first kappa shape index (κ1) is 47.6. The number of nitrogens with zero attached hydrogens (tertiary/aromatic N) is 12. The lowest BCUT2D eigenvalue weighted by Gasteiger charge is -2.34. The highest BCUT2D eigenvalue weighted by Gasteiger charge is 2.24. The topological polar surface area (TPSA) is 295 Å². The maximum Gasteiger partial charge on any atom is 0.256 e. The van der Waals surface area contributed by atoms with Crippen molar-refractivity contribution < 1.29 is 28.5 Å². The maximum absolute atomic E-state index is 13.1. The Morgan fingerprint density at radius 3 is 2.17 bits per heavy atom. The van der Waals surface area contributed by atoms with Crippen LogP contribution in [-0.4, -0.2) is 158 Å². The van der Waals surface area contributed by atoms with Gasteiger partial charge >= 0.3 is 0 Å². The van der Waals surface area contributed by atoms with Gasteiger partial charge in [-0.15, -0.1) is 0 Å². The normalized spacial score (nSPS) is 13.9. The van der Waals surface area contributed by atoms with Crippen molar-refractivity contribution in [1.82, 2.24) is 59.9 Å². The highest BCUT2D eigenvalue weighted by molar-refractivity contribution is 5.99. The van der Waals surface area contributed by atoms with Crippen molar-refractivity contribution in [3.05, 3.63) is 95.5 Å². The predicted octanol–water partition coefficient (Wildman–Crippen LogP) is 1.72. The van der Waals surface area contributed by atoms with Gasteiger partial charge in [0.1, 0.15) is 29.3 Å². The number of aromatic nitrogens is 10. The molecular weight excluding hydrogens is 899 g/mol. The molecule has 7 aromatic rings. The molecule has 1 aromatic carbocycles. The molecule has 0 aliphatic carbocycles. The zero-order valence-corrected chi connectivity index (χ0v) is 38.8. The zero-order chi connectivity index (χ0) is 48.2. The van der Waals surface area contributed by atoms with Crippen molar-refractivity contribution in [2.45, 2.75) is 32.5 Å². The Bertz CT molecular complexity index is 2890. The fraction of sp³-hybridized carbons (Fsp3) is 0.404. The van der Waals surface area contributed by atoms with E-state index in [9.17, 15) is 9.59 Å². The molecule has 366 valence electrons. The summed E-state index contributed by atoms with van der Waals surface area (Å²) < 4.78 is 24.3. The molecule has 2 aliphatic heterocycles. The number of carbonyl (C=O) groups is 2. The van der Waals surface area contributed by atoms with Crippen LogP contribution in [0.5, 0.6) is 0 Å². The Morgan fingerprint density at radius 2 is 1.43 bits per heavy atom. The maximum atomic E-state index is 13.1. The van der Waals surface area contributed by atoms with Gasteiger partial charge in [-0.3, -0.25) is 9.59 Å². The molecule has 9 rings (SSSR count). The van der Waals surface area contributed by atoms with Crippen LogP contribution in [0.2, 0.25) is 0 Å². The first-order valence-electron chi connectivity index (χ1n) is 23.3. The average Bonchev–Trinajstić information content (AvgIpc) is 4.02. The number of nitrogens with one attached hydrogen (secondary N) is 2. The Hall–Kier alpha value is -7.44. The monoisotopic (exact) mass is 955 g/mol. The van der Waals surface area contributed by atoms with E-state index in [-0.39, 0.29) is 29.7 Å². The highest BCUT2D eigenvalue weighted by Crippen LogP contribution is 2.32. The lowest BCUT2D eigenvalue weighted by molar-refractivity contribution is -0.133. The summed E-state index contributed by atoms with van der Waals surface area (Å²) in [4.78, 5) is 65.8. The molecule has 1 saturated heterocycles. The smallest absolute Gasteiger partial charge is 0.256 e. The van der Waals surface area contributed by atoms with E-state index in [1.165, 1.54) is 18.1 Å². The van der Waals surface area contributed by atoms with Crippen LogP contribution in [0.4, 0.5) is 23.5 Å². The number of fused-ring (bicyclic) bond motifs is 3. The van der Waals surface area contributed by atoms with Crippen molar-refractivity contribution in [3.63, 3.8) is 0 Å². The van der Waals surface area contributed by atoms with E-state index in [4.69, 9.17) is 41.2 Å². The number of benzene rings is 1. The van der Waals surface area contributed by atoms with Gasteiger partial charge in [0.25, 0.3) is 5.91 Å². The van der Waals surface area contributed by atoms with Crippen LogP contribution in [0.1, 0.15) is 39.0 Å². The minimum absolute atomic E-state index is 0.0581. The number of pyridine rings is 1. The second kappa shape index (κ2) is 22.8. The second-order valence-electron chi connectivity index (χ2n) is 16.8. The number of piperazine rings is 1. The molecule has 8 heterocycles. The molecule has 0 bridgehead atoms. The van der Waals surface area contributed by atoms with E-state index in [1.807, 2.05) is 32.8 Å². The van der Waals surface area contributed by atoms with E-state index < -0.39 is 0 Å². The summed E-state index contributed by atoms with van der Waals surface area (Å²) in [6.07, 6.45) is 11.1.